The van der Waals surface area contributed by atoms with E-state index in [1.165, 1.54) is 26.4 Å². The number of morpholine rings is 1. The van der Waals surface area contributed by atoms with Gasteiger partial charge in [-0.3, -0.25) is 9.91 Å². The van der Waals surface area contributed by atoms with Crippen LogP contribution in [0, 0.1) is 0 Å². The summed E-state index contributed by atoms with van der Waals surface area (Å²) in [6, 6.07) is 26.3. The quantitative estimate of drug-likeness (QED) is 0.182. The molecule has 2 heterocycles. The smallest absolute Gasteiger partial charge is 0.339 e. The number of amides is 2. The zero-order valence-electron chi connectivity index (χ0n) is 29.1. The Bertz CT molecular complexity index is 1740. The van der Waals surface area contributed by atoms with Crippen molar-refractivity contribution in [2.24, 2.45) is 0 Å². The van der Waals surface area contributed by atoms with Gasteiger partial charge in [0.15, 0.2) is 23.0 Å². The summed E-state index contributed by atoms with van der Waals surface area (Å²) in [4.78, 5) is 19.0. The number of ether oxygens (including phenoxy) is 4. The SMILES string of the molecule is COc1cc(CN2C(=O)N(Cc3ccc(O)c(OC)c3)N(c3ccc(OCCN4CCOCC4)cc3)C[C@@H](O)[C@H]2Cc2ccccc2)ccc1O. The predicted molar refractivity (Wildman–Crippen MR) is 192 cm³/mol. The number of aromatic hydroxyl groups is 2. The maximum atomic E-state index is 15.0. The fraction of sp³-hybridized carbons (Fsp3) is 0.359. The molecule has 0 radical (unpaired) electrons. The summed E-state index contributed by atoms with van der Waals surface area (Å²) in [5, 5.41) is 36.0. The first kappa shape index (κ1) is 35.6. The van der Waals surface area contributed by atoms with Gasteiger partial charge in [0.2, 0.25) is 0 Å². The van der Waals surface area contributed by atoms with Crippen LogP contribution in [-0.2, 0) is 24.2 Å². The van der Waals surface area contributed by atoms with Crippen molar-refractivity contribution in [3.05, 3.63) is 108 Å². The largest absolute Gasteiger partial charge is 0.504 e. The Hall–Kier alpha value is -5.17. The number of carbonyl (C=O) groups excluding carboxylic acids is 1. The van der Waals surface area contributed by atoms with E-state index in [9.17, 15) is 20.1 Å². The second kappa shape index (κ2) is 16.7. The number of phenolic OH excluding ortho intramolecular Hbond substituents is 2. The van der Waals surface area contributed by atoms with Crippen LogP contribution in [0.25, 0.3) is 0 Å². The van der Waals surface area contributed by atoms with Crippen molar-refractivity contribution in [2.45, 2.75) is 31.7 Å². The zero-order valence-corrected chi connectivity index (χ0v) is 29.1. The van der Waals surface area contributed by atoms with E-state index in [4.69, 9.17) is 18.9 Å². The van der Waals surface area contributed by atoms with Gasteiger partial charge in [0.25, 0.3) is 0 Å². The first-order chi connectivity index (χ1) is 24.8. The number of benzene rings is 4. The molecule has 0 spiro atoms. The lowest BCUT2D eigenvalue weighted by molar-refractivity contribution is 0.0322. The van der Waals surface area contributed by atoms with Gasteiger partial charge in [-0.2, -0.15) is 0 Å². The summed E-state index contributed by atoms with van der Waals surface area (Å²) in [6.45, 7) is 4.95. The predicted octanol–water partition coefficient (Wildman–Crippen LogP) is 4.66. The van der Waals surface area contributed by atoms with Crippen molar-refractivity contribution >= 4 is 11.7 Å². The second-order valence-corrected chi connectivity index (χ2v) is 12.7. The summed E-state index contributed by atoms with van der Waals surface area (Å²) < 4.78 is 22.3. The molecule has 270 valence electrons. The van der Waals surface area contributed by atoms with Gasteiger partial charge in [-0.1, -0.05) is 42.5 Å². The summed E-state index contributed by atoms with van der Waals surface area (Å²) in [5.41, 5.74) is 3.11. The van der Waals surface area contributed by atoms with E-state index >= 15 is 0 Å². The van der Waals surface area contributed by atoms with E-state index in [2.05, 4.69) is 4.90 Å². The van der Waals surface area contributed by atoms with Crippen LogP contribution in [0.4, 0.5) is 10.5 Å². The Morgan fingerprint density at radius 2 is 1.41 bits per heavy atom. The number of rotatable bonds is 13. The lowest BCUT2D eigenvalue weighted by Crippen LogP contribution is -2.51. The van der Waals surface area contributed by atoms with E-state index in [-0.39, 0.29) is 48.7 Å². The molecule has 12 nitrogen and oxygen atoms in total. The molecule has 4 aromatic carbocycles. The Morgan fingerprint density at radius 3 is 2.04 bits per heavy atom. The fourth-order valence-corrected chi connectivity index (χ4v) is 6.53. The highest BCUT2D eigenvalue weighted by molar-refractivity contribution is 5.78. The number of urea groups is 1. The average molecular weight is 699 g/mol. The van der Waals surface area contributed by atoms with Gasteiger partial charge < -0.3 is 39.2 Å². The molecule has 0 aliphatic carbocycles. The number of β-amino-alcohol motifs (C(OH)–C–C–N with tert-alkyl or cyclic N) is 1. The molecule has 2 aliphatic heterocycles. The lowest BCUT2D eigenvalue weighted by atomic mass is 9.99. The van der Waals surface area contributed by atoms with Crippen LogP contribution >= 0.6 is 0 Å². The van der Waals surface area contributed by atoms with Crippen molar-refractivity contribution in [1.29, 1.82) is 0 Å². The van der Waals surface area contributed by atoms with Gasteiger partial charge in [0, 0.05) is 26.2 Å². The van der Waals surface area contributed by atoms with Crippen LogP contribution in [-0.4, -0.2) is 109 Å². The Balaban J connectivity index is 1.34. The van der Waals surface area contributed by atoms with E-state index in [1.807, 2.05) is 54.6 Å². The molecule has 2 saturated heterocycles. The molecule has 6 rings (SSSR count). The van der Waals surface area contributed by atoms with Crippen LogP contribution in [0.3, 0.4) is 0 Å². The Kier molecular flexibility index (Phi) is 11.7. The van der Waals surface area contributed by atoms with Gasteiger partial charge in [-0.05, 0) is 71.6 Å². The zero-order chi connectivity index (χ0) is 35.7. The molecule has 51 heavy (non-hydrogen) atoms. The van der Waals surface area contributed by atoms with Crippen LogP contribution in [0.15, 0.2) is 91.0 Å². The van der Waals surface area contributed by atoms with Crippen LogP contribution in [0.2, 0.25) is 0 Å². The van der Waals surface area contributed by atoms with E-state index < -0.39 is 12.1 Å². The average Bonchev–Trinajstić information content (AvgIpc) is 3.24. The van der Waals surface area contributed by atoms with Gasteiger partial charge in [0.05, 0.1) is 58.4 Å². The minimum atomic E-state index is -0.961. The Morgan fingerprint density at radius 1 is 0.784 bits per heavy atom. The van der Waals surface area contributed by atoms with Crippen LogP contribution < -0.4 is 19.2 Å². The Labute approximate surface area is 298 Å². The van der Waals surface area contributed by atoms with E-state index in [0.29, 0.717) is 30.0 Å². The fourth-order valence-electron chi connectivity index (χ4n) is 6.53. The third-order valence-corrected chi connectivity index (χ3v) is 9.34. The van der Waals surface area contributed by atoms with Crippen molar-refractivity contribution in [1.82, 2.24) is 14.8 Å². The van der Waals surface area contributed by atoms with E-state index in [0.717, 1.165) is 44.0 Å². The molecule has 3 N–H and O–H groups in total. The standard InChI is InChI=1S/C39H46N4O8/c1-48-37-23-29(8-14-34(37)44)25-41-33(22-28-6-4-3-5-7-28)36(46)27-42(43(39(41)47)26-30-9-15-35(45)38(24-30)49-2)31-10-12-32(13-11-31)51-21-18-40-16-19-50-20-17-40/h3-15,23-24,33,36,44-46H,16-22,25-27H2,1-2H3/t33-,36-/m1/s1. The molecule has 2 amide bonds. The number of nitrogens with zero attached hydrogens (tertiary/aromatic N) is 4. The van der Waals surface area contributed by atoms with Gasteiger partial charge in [0.1, 0.15) is 12.4 Å². The van der Waals surface area contributed by atoms with E-state index in [1.54, 1.807) is 39.2 Å². The summed E-state index contributed by atoms with van der Waals surface area (Å²) in [5.74, 6) is 1.26. The molecule has 2 aliphatic rings. The lowest BCUT2D eigenvalue weighted by Gasteiger charge is -2.37. The number of aliphatic hydroxyl groups excluding tert-OH is 1. The first-order valence-electron chi connectivity index (χ1n) is 17.1. The highest BCUT2D eigenvalue weighted by Gasteiger charge is 2.40. The second-order valence-electron chi connectivity index (χ2n) is 12.7. The van der Waals surface area contributed by atoms with Gasteiger partial charge in [-0.15, -0.1) is 0 Å². The molecule has 0 saturated carbocycles. The summed E-state index contributed by atoms with van der Waals surface area (Å²) in [6.07, 6.45) is -0.551. The maximum Gasteiger partial charge on any atom is 0.339 e. The number of hydrogen-bond donors (Lipinski definition) is 3. The monoisotopic (exact) mass is 698 g/mol. The molecule has 2 atom stereocenters. The molecule has 0 unspecified atom stereocenters. The summed E-state index contributed by atoms with van der Waals surface area (Å²) in [7, 11) is 2.95. The summed E-state index contributed by atoms with van der Waals surface area (Å²) >= 11 is 0. The highest BCUT2D eigenvalue weighted by Crippen LogP contribution is 2.33. The number of hydrazine groups is 1. The number of aliphatic hydroxyl groups is 1. The molecule has 4 aromatic rings. The number of anilines is 1. The van der Waals surface area contributed by atoms with Crippen molar-refractivity contribution in [3.8, 4) is 28.7 Å². The van der Waals surface area contributed by atoms with Crippen molar-refractivity contribution in [2.75, 3.05) is 65.2 Å². The van der Waals surface area contributed by atoms with Crippen LogP contribution in [0.5, 0.6) is 28.7 Å². The number of methoxy groups -OCH3 is 2. The molecule has 0 bridgehead atoms. The minimum Gasteiger partial charge on any atom is -0.504 e. The number of hydrogen-bond acceptors (Lipinski definition) is 10. The molecule has 12 heteroatoms. The molecule has 2 fully saturated rings. The van der Waals surface area contributed by atoms with Gasteiger partial charge in [-0.25, -0.2) is 9.80 Å². The number of carbonyl (C=O) groups is 1. The molecule has 0 aromatic heterocycles. The topological polar surface area (TPSA) is 128 Å². The maximum absolute atomic E-state index is 15.0. The third kappa shape index (κ3) is 8.77. The van der Waals surface area contributed by atoms with Gasteiger partial charge >= 0.3 is 6.03 Å². The minimum absolute atomic E-state index is 0.00749. The molecular weight excluding hydrogens is 652 g/mol. The third-order valence-electron chi connectivity index (χ3n) is 9.34. The van der Waals surface area contributed by atoms with Crippen molar-refractivity contribution < 1.29 is 39.1 Å². The van der Waals surface area contributed by atoms with Crippen LogP contribution in [0.1, 0.15) is 16.7 Å². The highest BCUT2D eigenvalue weighted by atomic mass is 16.5. The number of phenols is 2. The van der Waals surface area contributed by atoms with Crippen molar-refractivity contribution in [3.63, 3.8) is 0 Å². The first-order valence-corrected chi connectivity index (χ1v) is 17.1. The molecular formula is C39H46N4O8. The normalized spacial score (nSPS) is 18.4.